The third-order valence-corrected chi connectivity index (χ3v) is 4.15. The number of halogens is 2. The number of nitrogens with zero attached hydrogens (tertiary/aromatic N) is 1. The van der Waals surface area contributed by atoms with E-state index in [9.17, 15) is 4.79 Å². The predicted molar refractivity (Wildman–Crippen MR) is 125 cm³/mol. The minimum Gasteiger partial charge on any atom is -0.493 e. The maximum Gasteiger partial charge on any atom is 0.258 e. The van der Waals surface area contributed by atoms with Crippen LogP contribution >= 0.6 is 24.8 Å². The molecule has 2 N–H and O–H groups in total. The summed E-state index contributed by atoms with van der Waals surface area (Å²) in [7, 11) is 1.61. The molecule has 0 unspecified atom stereocenters. The molecule has 0 fully saturated rings. The van der Waals surface area contributed by atoms with E-state index in [0.717, 1.165) is 44.7 Å². The van der Waals surface area contributed by atoms with E-state index in [-0.39, 0.29) is 42.9 Å². The van der Waals surface area contributed by atoms with Crippen molar-refractivity contribution in [3.05, 3.63) is 23.8 Å². The van der Waals surface area contributed by atoms with Gasteiger partial charge < -0.3 is 25.0 Å². The van der Waals surface area contributed by atoms with Crippen molar-refractivity contribution in [2.24, 2.45) is 0 Å². The Morgan fingerprint density at radius 2 is 1.76 bits per heavy atom. The van der Waals surface area contributed by atoms with Gasteiger partial charge in [-0.25, -0.2) is 0 Å². The maximum absolute atomic E-state index is 11.9. The summed E-state index contributed by atoms with van der Waals surface area (Å²) < 4.78 is 11.0. The second-order valence-electron chi connectivity index (χ2n) is 7.63. The summed E-state index contributed by atoms with van der Waals surface area (Å²) >= 11 is 0. The second-order valence-corrected chi connectivity index (χ2v) is 7.63. The van der Waals surface area contributed by atoms with Crippen LogP contribution in [0, 0.1) is 0 Å². The molecule has 0 saturated carbocycles. The lowest BCUT2D eigenvalue weighted by Crippen LogP contribution is -2.43. The van der Waals surface area contributed by atoms with Crippen LogP contribution in [0.1, 0.15) is 46.6 Å². The molecule has 0 aliphatic carbocycles. The zero-order chi connectivity index (χ0) is 20.3. The maximum atomic E-state index is 11.9. The van der Waals surface area contributed by atoms with Crippen LogP contribution < -0.4 is 20.1 Å². The van der Waals surface area contributed by atoms with Gasteiger partial charge in [0.1, 0.15) is 0 Å². The molecule has 0 heterocycles. The van der Waals surface area contributed by atoms with Crippen LogP contribution in [0.3, 0.4) is 0 Å². The number of ether oxygens (including phenoxy) is 2. The summed E-state index contributed by atoms with van der Waals surface area (Å²) in [5, 5.41) is 6.34. The third kappa shape index (κ3) is 12.9. The van der Waals surface area contributed by atoms with Crippen LogP contribution in [-0.4, -0.2) is 56.2 Å². The highest BCUT2D eigenvalue weighted by Crippen LogP contribution is 2.28. The van der Waals surface area contributed by atoms with Gasteiger partial charge in [0, 0.05) is 12.1 Å². The Balaban J connectivity index is 0. The van der Waals surface area contributed by atoms with Crippen LogP contribution in [0.25, 0.3) is 0 Å². The van der Waals surface area contributed by atoms with Gasteiger partial charge in [-0.3, -0.25) is 4.79 Å². The molecular formula is C21H39Cl2N3O3. The number of nitrogens with one attached hydrogen (secondary N) is 2. The number of rotatable bonds is 12. The molecule has 8 heteroatoms. The topological polar surface area (TPSA) is 62.8 Å². The number of benzene rings is 1. The third-order valence-electron chi connectivity index (χ3n) is 4.15. The van der Waals surface area contributed by atoms with Gasteiger partial charge in [-0.05, 0) is 71.1 Å². The van der Waals surface area contributed by atoms with Crippen molar-refractivity contribution in [2.45, 2.75) is 53.1 Å². The van der Waals surface area contributed by atoms with E-state index in [0.29, 0.717) is 11.5 Å². The van der Waals surface area contributed by atoms with Crippen LogP contribution in [0.2, 0.25) is 0 Å². The van der Waals surface area contributed by atoms with Crippen molar-refractivity contribution < 1.29 is 14.3 Å². The number of carbonyl (C=O) groups is 1. The van der Waals surface area contributed by atoms with Gasteiger partial charge in [0.2, 0.25) is 0 Å². The molecule has 0 aromatic heterocycles. The van der Waals surface area contributed by atoms with Gasteiger partial charge in [0.05, 0.1) is 7.11 Å². The number of methoxy groups -OCH3 is 1. The molecule has 0 spiro atoms. The first kappa shape index (κ1) is 30.0. The first-order valence-corrected chi connectivity index (χ1v) is 9.82. The van der Waals surface area contributed by atoms with Gasteiger partial charge in [-0.15, -0.1) is 24.8 Å². The zero-order valence-electron chi connectivity index (χ0n) is 18.7. The Morgan fingerprint density at radius 1 is 1.10 bits per heavy atom. The Hall–Kier alpha value is -1.21. The van der Waals surface area contributed by atoms with Crippen molar-refractivity contribution in [3.63, 3.8) is 0 Å². The monoisotopic (exact) mass is 451 g/mol. The zero-order valence-corrected chi connectivity index (χ0v) is 20.3. The SMILES string of the molecule is CCN(CC)CCCNCc1ccc(OCC(=O)NC(C)(C)C)c(OC)c1.Cl.Cl. The van der Waals surface area contributed by atoms with Crippen molar-refractivity contribution in [3.8, 4) is 11.5 Å². The van der Waals surface area contributed by atoms with Crippen LogP contribution in [0.15, 0.2) is 18.2 Å². The predicted octanol–water partition coefficient (Wildman–Crippen LogP) is 3.65. The fraction of sp³-hybridized carbons (Fsp3) is 0.667. The molecule has 170 valence electrons. The Bertz CT molecular complexity index is 577. The molecule has 0 aliphatic heterocycles. The fourth-order valence-electron chi connectivity index (χ4n) is 2.74. The standard InChI is InChI=1S/C21H37N3O3.2ClH/c1-7-24(8-2)13-9-12-22-15-17-10-11-18(19(14-17)26-6)27-16-20(25)23-21(3,4)5;;/h10-11,14,22H,7-9,12-13,15-16H2,1-6H3,(H,23,25);2*1H. The molecule has 0 radical (unpaired) electrons. The average Bonchev–Trinajstić information content (AvgIpc) is 2.62. The van der Waals surface area contributed by atoms with Crippen LogP contribution in [0.4, 0.5) is 0 Å². The largest absolute Gasteiger partial charge is 0.493 e. The lowest BCUT2D eigenvalue weighted by molar-refractivity contribution is -0.124. The first-order chi connectivity index (χ1) is 12.8. The Labute approximate surface area is 188 Å². The van der Waals surface area contributed by atoms with Crippen molar-refractivity contribution in [2.75, 3.05) is 39.9 Å². The fourth-order valence-corrected chi connectivity index (χ4v) is 2.74. The lowest BCUT2D eigenvalue weighted by Gasteiger charge is -2.20. The highest BCUT2D eigenvalue weighted by atomic mass is 35.5. The molecule has 1 amide bonds. The highest BCUT2D eigenvalue weighted by Gasteiger charge is 2.15. The molecule has 0 saturated heterocycles. The summed E-state index contributed by atoms with van der Waals surface area (Å²) in [4.78, 5) is 14.3. The lowest BCUT2D eigenvalue weighted by atomic mass is 10.1. The number of carbonyl (C=O) groups excluding carboxylic acids is 1. The van der Waals surface area contributed by atoms with Crippen LogP contribution in [0.5, 0.6) is 11.5 Å². The van der Waals surface area contributed by atoms with E-state index in [1.165, 1.54) is 0 Å². The molecule has 0 atom stereocenters. The van der Waals surface area contributed by atoms with Gasteiger partial charge >= 0.3 is 0 Å². The summed E-state index contributed by atoms with van der Waals surface area (Å²) in [6.07, 6.45) is 1.13. The molecule has 1 aromatic carbocycles. The molecule has 1 aromatic rings. The highest BCUT2D eigenvalue weighted by molar-refractivity contribution is 5.85. The molecule has 0 bridgehead atoms. The summed E-state index contributed by atoms with van der Waals surface area (Å²) in [5.41, 5.74) is 0.854. The van der Waals surface area contributed by atoms with E-state index < -0.39 is 0 Å². The van der Waals surface area contributed by atoms with E-state index in [1.807, 2.05) is 39.0 Å². The molecule has 29 heavy (non-hydrogen) atoms. The second kappa shape index (κ2) is 15.6. The van der Waals surface area contributed by atoms with Crippen LogP contribution in [-0.2, 0) is 11.3 Å². The quantitative estimate of drug-likeness (QED) is 0.474. The summed E-state index contributed by atoms with van der Waals surface area (Å²) in [6, 6.07) is 5.81. The van der Waals surface area contributed by atoms with E-state index >= 15 is 0 Å². The van der Waals surface area contributed by atoms with Crippen molar-refractivity contribution >= 4 is 30.7 Å². The van der Waals surface area contributed by atoms with E-state index in [4.69, 9.17) is 9.47 Å². The Kier molecular flexibility index (Phi) is 16.1. The smallest absolute Gasteiger partial charge is 0.258 e. The van der Waals surface area contributed by atoms with Gasteiger partial charge in [-0.2, -0.15) is 0 Å². The first-order valence-electron chi connectivity index (χ1n) is 9.82. The number of hydrogen-bond acceptors (Lipinski definition) is 5. The van der Waals surface area contributed by atoms with Gasteiger partial charge in [-0.1, -0.05) is 19.9 Å². The average molecular weight is 452 g/mol. The molecule has 0 aliphatic rings. The number of hydrogen-bond donors (Lipinski definition) is 2. The van der Waals surface area contributed by atoms with E-state index in [2.05, 4.69) is 29.4 Å². The van der Waals surface area contributed by atoms with Gasteiger partial charge in [0.15, 0.2) is 18.1 Å². The number of amides is 1. The minimum atomic E-state index is -0.272. The summed E-state index contributed by atoms with van der Waals surface area (Å²) in [6.45, 7) is 15.2. The molecular weight excluding hydrogens is 413 g/mol. The molecule has 6 nitrogen and oxygen atoms in total. The molecule has 1 rings (SSSR count). The van der Waals surface area contributed by atoms with Crippen molar-refractivity contribution in [1.82, 2.24) is 15.5 Å². The van der Waals surface area contributed by atoms with E-state index in [1.54, 1.807) is 7.11 Å². The normalized spacial score (nSPS) is 10.7. The minimum absolute atomic E-state index is 0. The van der Waals surface area contributed by atoms with Gasteiger partial charge in [0.25, 0.3) is 5.91 Å². The van der Waals surface area contributed by atoms with Crippen molar-refractivity contribution in [1.29, 1.82) is 0 Å². The Morgan fingerprint density at radius 3 is 2.31 bits per heavy atom. The summed E-state index contributed by atoms with van der Waals surface area (Å²) in [5.74, 6) is 1.07.